The molecule has 1 atom stereocenters. The van der Waals surface area contributed by atoms with Crippen molar-refractivity contribution in [3.63, 3.8) is 0 Å². The fraction of sp³-hybridized carbons (Fsp3) is 0.407. The van der Waals surface area contributed by atoms with Crippen molar-refractivity contribution in [1.82, 2.24) is 14.2 Å². The highest BCUT2D eigenvalue weighted by Gasteiger charge is 2.37. The van der Waals surface area contributed by atoms with E-state index >= 15 is 0 Å². The molecule has 10 heteroatoms. The molecule has 2 fully saturated rings. The Labute approximate surface area is 212 Å². The van der Waals surface area contributed by atoms with Gasteiger partial charge in [0.25, 0.3) is 0 Å². The average molecular weight is 516 g/mol. The molecule has 3 aromatic rings. The van der Waals surface area contributed by atoms with Crippen LogP contribution in [0.1, 0.15) is 43.7 Å². The minimum Gasteiger partial charge on any atom is -0.490 e. The van der Waals surface area contributed by atoms with Gasteiger partial charge >= 0.3 is 5.69 Å². The van der Waals surface area contributed by atoms with Crippen LogP contribution < -0.4 is 10.4 Å². The van der Waals surface area contributed by atoms with Crippen molar-refractivity contribution in [2.24, 2.45) is 18.9 Å². The van der Waals surface area contributed by atoms with Crippen molar-refractivity contribution in [2.45, 2.75) is 38.1 Å². The monoisotopic (exact) mass is 515 g/mol. The zero-order chi connectivity index (χ0) is 26.1. The second kappa shape index (κ2) is 10.5. The van der Waals surface area contributed by atoms with Gasteiger partial charge in [0.15, 0.2) is 11.6 Å². The van der Waals surface area contributed by atoms with E-state index in [1.165, 1.54) is 38.5 Å². The summed E-state index contributed by atoms with van der Waals surface area (Å²) in [6.07, 6.45) is 6.34. The second-order valence-electron chi connectivity index (χ2n) is 9.71. The minimum absolute atomic E-state index is 0.113. The Morgan fingerprint density at radius 2 is 1.73 bits per heavy atom. The first-order chi connectivity index (χ1) is 17.8. The first-order valence-corrected chi connectivity index (χ1v) is 12.4. The molecule has 37 heavy (non-hydrogen) atoms. The van der Waals surface area contributed by atoms with Crippen molar-refractivity contribution in [3.05, 3.63) is 82.3 Å². The van der Waals surface area contributed by atoms with E-state index in [1.807, 2.05) is 0 Å². The number of halogens is 3. The van der Waals surface area contributed by atoms with Crippen molar-refractivity contribution in [2.75, 3.05) is 13.2 Å². The van der Waals surface area contributed by atoms with Crippen LogP contribution in [0.25, 0.3) is 5.69 Å². The van der Waals surface area contributed by atoms with E-state index in [0.29, 0.717) is 43.7 Å². The molecule has 0 N–H and O–H groups in total. The second-order valence-corrected chi connectivity index (χ2v) is 9.71. The van der Waals surface area contributed by atoms with Crippen LogP contribution in [0.15, 0.2) is 53.6 Å². The van der Waals surface area contributed by atoms with Crippen molar-refractivity contribution < 1.29 is 27.5 Å². The van der Waals surface area contributed by atoms with Gasteiger partial charge in [-0.2, -0.15) is 0 Å². The van der Waals surface area contributed by atoms with Crippen molar-refractivity contribution >= 4 is 5.91 Å². The molecule has 1 aliphatic heterocycles. The highest BCUT2D eigenvalue weighted by atomic mass is 19.1. The summed E-state index contributed by atoms with van der Waals surface area (Å²) in [4.78, 5) is 30.8. The SMILES string of the molecule is Cn1ccn(-c2ccc(OC[C@H]3CC[C@H](C(=O)N4OCC[C@H]4c4cc(F)cc(F)c4)CC3)c(F)c2)c1=O. The number of rotatable bonds is 6. The Bertz CT molecular complexity index is 1330. The topological polar surface area (TPSA) is 65.7 Å². The first-order valence-electron chi connectivity index (χ1n) is 12.4. The van der Waals surface area contributed by atoms with E-state index < -0.39 is 23.5 Å². The van der Waals surface area contributed by atoms with E-state index in [1.54, 1.807) is 25.5 Å². The lowest BCUT2D eigenvalue weighted by atomic mass is 9.81. The fourth-order valence-electron chi connectivity index (χ4n) is 5.14. The first kappa shape index (κ1) is 25.1. The molecule has 1 aliphatic carbocycles. The molecule has 0 radical (unpaired) electrons. The molecule has 2 aromatic carbocycles. The maximum atomic E-state index is 14.6. The summed E-state index contributed by atoms with van der Waals surface area (Å²) in [6.45, 7) is 0.620. The average Bonchev–Trinajstić information content (AvgIpc) is 3.50. The summed E-state index contributed by atoms with van der Waals surface area (Å²) in [5, 5.41) is 1.28. The Balaban J connectivity index is 1.15. The lowest BCUT2D eigenvalue weighted by Gasteiger charge is -2.32. The third-order valence-electron chi connectivity index (χ3n) is 7.20. The predicted octanol–water partition coefficient (Wildman–Crippen LogP) is 4.68. The van der Waals surface area contributed by atoms with Crippen molar-refractivity contribution in [3.8, 4) is 11.4 Å². The number of aromatic nitrogens is 2. The number of hydrogen-bond acceptors (Lipinski definition) is 4. The molecule has 0 unspecified atom stereocenters. The third-order valence-corrected chi connectivity index (χ3v) is 7.20. The van der Waals surface area contributed by atoms with E-state index in [9.17, 15) is 22.8 Å². The highest BCUT2D eigenvalue weighted by molar-refractivity contribution is 5.78. The van der Waals surface area contributed by atoms with Gasteiger partial charge in [-0.3, -0.25) is 14.2 Å². The molecule has 5 rings (SSSR count). The van der Waals surface area contributed by atoms with Crippen LogP contribution in [0.4, 0.5) is 13.2 Å². The summed E-state index contributed by atoms with van der Waals surface area (Å²) < 4.78 is 50.5. The van der Waals surface area contributed by atoms with Gasteiger partial charge in [-0.15, -0.1) is 0 Å². The van der Waals surface area contributed by atoms with Gasteiger partial charge in [-0.25, -0.2) is 23.0 Å². The lowest BCUT2D eigenvalue weighted by molar-refractivity contribution is -0.183. The van der Waals surface area contributed by atoms with Crippen LogP contribution in [0.2, 0.25) is 0 Å². The van der Waals surface area contributed by atoms with Crippen LogP contribution in [-0.2, 0) is 16.7 Å². The molecule has 1 amide bonds. The van der Waals surface area contributed by atoms with E-state index in [2.05, 4.69) is 0 Å². The van der Waals surface area contributed by atoms with Gasteiger partial charge in [-0.05, 0) is 61.4 Å². The molecule has 196 valence electrons. The quantitative estimate of drug-likeness (QED) is 0.478. The number of carbonyl (C=O) groups excluding carboxylic acids is 1. The smallest absolute Gasteiger partial charge is 0.332 e. The van der Waals surface area contributed by atoms with Crippen LogP contribution in [0.5, 0.6) is 5.75 Å². The summed E-state index contributed by atoms with van der Waals surface area (Å²) in [6, 6.07) is 7.17. The van der Waals surface area contributed by atoms with Crippen LogP contribution in [-0.4, -0.2) is 33.3 Å². The van der Waals surface area contributed by atoms with Gasteiger partial charge < -0.3 is 9.30 Å². The van der Waals surface area contributed by atoms with Crippen LogP contribution in [0.3, 0.4) is 0 Å². The number of benzene rings is 2. The minimum atomic E-state index is -0.685. The summed E-state index contributed by atoms with van der Waals surface area (Å²) in [5.41, 5.74) is 0.529. The van der Waals surface area contributed by atoms with Crippen LogP contribution in [0, 0.1) is 29.3 Å². The predicted molar refractivity (Wildman–Crippen MR) is 128 cm³/mol. The van der Waals surface area contributed by atoms with Gasteiger partial charge in [0.05, 0.1) is 24.9 Å². The number of nitrogens with zero attached hydrogens (tertiary/aromatic N) is 3. The van der Waals surface area contributed by atoms with Crippen molar-refractivity contribution in [1.29, 1.82) is 0 Å². The number of amides is 1. The zero-order valence-corrected chi connectivity index (χ0v) is 20.4. The lowest BCUT2D eigenvalue weighted by Crippen LogP contribution is -2.37. The molecule has 1 saturated heterocycles. The molecule has 2 aliphatic rings. The number of imidazole rings is 1. The molecule has 0 spiro atoms. The van der Waals surface area contributed by atoms with Crippen LogP contribution >= 0.6 is 0 Å². The number of aryl methyl sites for hydroxylation is 1. The number of ether oxygens (including phenoxy) is 1. The largest absolute Gasteiger partial charge is 0.490 e. The molecule has 7 nitrogen and oxygen atoms in total. The molecule has 2 heterocycles. The number of hydroxylamine groups is 2. The standard InChI is InChI=1S/C27H28F3N3O4/c1-31-9-10-32(27(31)35)22-6-7-25(23(30)15-22)36-16-17-2-4-18(5-3-17)26(34)33-24(8-11-37-33)19-12-20(28)14-21(29)13-19/h6-7,9-10,12-15,17-18,24H,2-5,8,11,16H2,1H3/t17-,18-,24-/m0/s1. The summed E-state index contributed by atoms with van der Waals surface area (Å²) >= 11 is 0. The number of hydrogen-bond donors (Lipinski definition) is 0. The van der Waals surface area contributed by atoms with E-state index in [-0.39, 0.29) is 29.2 Å². The maximum Gasteiger partial charge on any atom is 0.332 e. The molecule has 0 bridgehead atoms. The molecule has 1 aromatic heterocycles. The van der Waals surface area contributed by atoms with E-state index in [0.717, 1.165) is 18.9 Å². The van der Waals surface area contributed by atoms with E-state index in [4.69, 9.17) is 9.57 Å². The summed E-state index contributed by atoms with van der Waals surface area (Å²) in [7, 11) is 1.62. The maximum absolute atomic E-state index is 14.6. The fourth-order valence-corrected chi connectivity index (χ4v) is 5.14. The normalized spacial score (nSPS) is 21.8. The Hall–Kier alpha value is -3.53. The third kappa shape index (κ3) is 5.29. The van der Waals surface area contributed by atoms with Gasteiger partial charge in [0.1, 0.15) is 11.6 Å². The number of carbonyl (C=O) groups is 1. The molecular formula is C27H28F3N3O4. The van der Waals surface area contributed by atoms with Gasteiger partial charge in [-0.1, -0.05) is 0 Å². The zero-order valence-electron chi connectivity index (χ0n) is 20.4. The van der Waals surface area contributed by atoms with Gasteiger partial charge in [0.2, 0.25) is 5.91 Å². The van der Waals surface area contributed by atoms with Gasteiger partial charge in [0, 0.05) is 43.9 Å². The molecular weight excluding hydrogens is 487 g/mol. The Morgan fingerprint density at radius 3 is 2.38 bits per heavy atom. The molecule has 1 saturated carbocycles. The Kier molecular flexibility index (Phi) is 7.10. The highest BCUT2D eigenvalue weighted by Crippen LogP contribution is 2.37. The summed E-state index contributed by atoms with van der Waals surface area (Å²) in [5.74, 6) is -2.08. The Morgan fingerprint density at radius 1 is 1.00 bits per heavy atom.